The third-order valence-electron chi connectivity index (χ3n) is 5.67. The number of halogens is 3. The Hall–Kier alpha value is -4.28. The number of ether oxygens (including phenoxy) is 1. The fourth-order valence-corrected chi connectivity index (χ4v) is 4.00. The second-order valence-electron chi connectivity index (χ2n) is 8.08. The van der Waals surface area contributed by atoms with Crippen LogP contribution in [0.2, 0.25) is 0 Å². The molecule has 0 spiro atoms. The van der Waals surface area contributed by atoms with Crippen molar-refractivity contribution >= 4 is 28.4 Å². The van der Waals surface area contributed by atoms with E-state index in [2.05, 4.69) is 31.2 Å². The number of aryl methyl sites for hydroxylation is 1. The van der Waals surface area contributed by atoms with E-state index < -0.39 is 18.7 Å². The van der Waals surface area contributed by atoms with Crippen molar-refractivity contribution in [3.63, 3.8) is 0 Å². The molecule has 8 nitrogen and oxygen atoms in total. The molecule has 0 saturated heterocycles. The maximum Gasteiger partial charge on any atom is 0.405 e. The van der Waals surface area contributed by atoms with Crippen LogP contribution in [0.1, 0.15) is 16.1 Å². The number of rotatable bonds is 9. The quantitative estimate of drug-likeness (QED) is 0.291. The molecule has 36 heavy (non-hydrogen) atoms. The van der Waals surface area contributed by atoms with Gasteiger partial charge in [0.1, 0.15) is 24.4 Å². The topological polar surface area (TPSA) is 101 Å². The van der Waals surface area contributed by atoms with Gasteiger partial charge in [-0.15, -0.1) is 0 Å². The first-order chi connectivity index (χ1) is 17.2. The van der Waals surface area contributed by atoms with Crippen LogP contribution in [0.25, 0.3) is 22.2 Å². The van der Waals surface area contributed by atoms with E-state index in [4.69, 9.17) is 4.74 Å². The monoisotopic (exact) mass is 499 g/mol. The molecule has 4 rings (SSSR count). The minimum Gasteiger partial charge on any atom is -0.496 e. The molecule has 0 atom stereocenters. The first-order valence-electron chi connectivity index (χ1n) is 11.0. The largest absolute Gasteiger partial charge is 0.496 e. The van der Waals surface area contributed by atoms with Crippen LogP contribution in [0.3, 0.4) is 0 Å². The van der Waals surface area contributed by atoms with Gasteiger partial charge in [0.15, 0.2) is 0 Å². The predicted molar refractivity (Wildman–Crippen MR) is 131 cm³/mol. The summed E-state index contributed by atoms with van der Waals surface area (Å²) in [5.41, 5.74) is 2.62. The Morgan fingerprint density at radius 1 is 1.11 bits per heavy atom. The number of anilines is 2. The third kappa shape index (κ3) is 5.51. The highest BCUT2D eigenvalue weighted by Crippen LogP contribution is 2.29. The molecule has 3 N–H and O–H groups in total. The molecule has 0 amide bonds. The van der Waals surface area contributed by atoms with E-state index in [0.29, 0.717) is 30.2 Å². The Morgan fingerprint density at radius 3 is 2.64 bits per heavy atom. The van der Waals surface area contributed by atoms with Crippen molar-refractivity contribution in [1.29, 1.82) is 0 Å². The van der Waals surface area contributed by atoms with Crippen LogP contribution in [0.4, 0.5) is 24.7 Å². The summed E-state index contributed by atoms with van der Waals surface area (Å²) >= 11 is 0. The van der Waals surface area contributed by atoms with E-state index >= 15 is 0 Å². The molecule has 2 aromatic heterocycles. The smallest absolute Gasteiger partial charge is 0.405 e. The lowest BCUT2D eigenvalue weighted by atomic mass is 10.1. The molecule has 0 fully saturated rings. The second-order valence-corrected chi connectivity index (χ2v) is 8.08. The molecule has 0 aliphatic rings. The predicted octanol–water partition coefficient (Wildman–Crippen LogP) is 5.20. The fourth-order valence-electron chi connectivity index (χ4n) is 4.00. The van der Waals surface area contributed by atoms with Crippen LogP contribution >= 0.6 is 0 Å². The molecular formula is C25H24F3N5O3. The lowest BCUT2D eigenvalue weighted by Gasteiger charge is -2.14. The SMILES string of the molecule is COc1cccc2c1cc(C)n2CCNc1cc(-c2ccc(C(=O)O)c(NCC(F)(F)F)c2)ncn1. The number of nitrogens with one attached hydrogen (secondary N) is 2. The maximum absolute atomic E-state index is 12.7. The van der Waals surface area contributed by atoms with Crippen molar-refractivity contribution in [2.45, 2.75) is 19.6 Å². The summed E-state index contributed by atoms with van der Waals surface area (Å²) in [4.78, 5) is 19.9. The minimum absolute atomic E-state index is 0.143. The number of hydrogen-bond acceptors (Lipinski definition) is 6. The van der Waals surface area contributed by atoms with E-state index in [1.165, 1.54) is 24.5 Å². The Bertz CT molecular complexity index is 1400. The lowest BCUT2D eigenvalue weighted by molar-refractivity contribution is -0.115. The van der Waals surface area contributed by atoms with Crippen LogP contribution < -0.4 is 15.4 Å². The lowest BCUT2D eigenvalue weighted by Crippen LogP contribution is -2.22. The number of methoxy groups -OCH3 is 1. The first-order valence-corrected chi connectivity index (χ1v) is 11.0. The van der Waals surface area contributed by atoms with Crippen molar-refractivity contribution in [2.24, 2.45) is 0 Å². The first kappa shape index (κ1) is 24.8. The highest BCUT2D eigenvalue weighted by molar-refractivity contribution is 5.95. The van der Waals surface area contributed by atoms with Crippen molar-refractivity contribution in [1.82, 2.24) is 14.5 Å². The average Bonchev–Trinajstić information content (AvgIpc) is 3.17. The Labute approximate surface area is 204 Å². The van der Waals surface area contributed by atoms with Gasteiger partial charge in [-0.3, -0.25) is 0 Å². The summed E-state index contributed by atoms with van der Waals surface area (Å²) in [5.74, 6) is 0.00119. The summed E-state index contributed by atoms with van der Waals surface area (Å²) in [5, 5.41) is 15.8. The van der Waals surface area contributed by atoms with E-state index in [1.54, 1.807) is 13.2 Å². The van der Waals surface area contributed by atoms with E-state index in [-0.39, 0.29) is 11.3 Å². The molecular weight excluding hydrogens is 475 g/mol. The van der Waals surface area contributed by atoms with Crippen LogP contribution in [0.15, 0.2) is 54.9 Å². The molecule has 0 bridgehead atoms. The number of benzene rings is 2. The number of aromatic nitrogens is 3. The summed E-state index contributed by atoms with van der Waals surface area (Å²) in [6, 6.07) is 13.7. The molecule has 0 saturated carbocycles. The zero-order valence-corrected chi connectivity index (χ0v) is 19.6. The number of aromatic carboxylic acids is 1. The van der Waals surface area contributed by atoms with Gasteiger partial charge in [0.2, 0.25) is 0 Å². The van der Waals surface area contributed by atoms with Gasteiger partial charge in [-0.25, -0.2) is 14.8 Å². The van der Waals surface area contributed by atoms with Gasteiger partial charge in [-0.05, 0) is 37.3 Å². The van der Waals surface area contributed by atoms with Gasteiger partial charge in [-0.2, -0.15) is 13.2 Å². The second kappa shape index (κ2) is 10.1. The number of nitrogens with zero attached hydrogens (tertiary/aromatic N) is 3. The van der Waals surface area contributed by atoms with Gasteiger partial charge in [0.05, 0.1) is 23.9 Å². The molecule has 0 unspecified atom stereocenters. The Kier molecular flexibility index (Phi) is 7.00. The maximum atomic E-state index is 12.7. The molecule has 0 radical (unpaired) electrons. The van der Waals surface area contributed by atoms with Crippen LogP contribution in [0.5, 0.6) is 5.75 Å². The van der Waals surface area contributed by atoms with Crippen LogP contribution in [-0.4, -0.2) is 52.0 Å². The third-order valence-corrected chi connectivity index (χ3v) is 5.67. The van der Waals surface area contributed by atoms with Crippen LogP contribution in [-0.2, 0) is 6.54 Å². The van der Waals surface area contributed by atoms with Gasteiger partial charge >= 0.3 is 12.1 Å². The number of alkyl halides is 3. The molecule has 11 heteroatoms. The van der Waals surface area contributed by atoms with Crippen molar-refractivity contribution < 1.29 is 27.8 Å². The van der Waals surface area contributed by atoms with Crippen LogP contribution in [0, 0.1) is 6.92 Å². The Morgan fingerprint density at radius 2 is 1.92 bits per heavy atom. The zero-order valence-electron chi connectivity index (χ0n) is 19.6. The highest BCUT2D eigenvalue weighted by atomic mass is 19.4. The molecule has 0 aliphatic heterocycles. The van der Waals surface area contributed by atoms with E-state index in [9.17, 15) is 23.1 Å². The van der Waals surface area contributed by atoms with Gasteiger partial charge in [-0.1, -0.05) is 12.1 Å². The summed E-state index contributed by atoms with van der Waals surface area (Å²) in [6.07, 6.45) is -3.15. The summed E-state index contributed by atoms with van der Waals surface area (Å²) in [7, 11) is 1.64. The fraction of sp³-hybridized carbons (Fsp3) is 0.240. The number of hydrogen-bond donors (Lipinski definition) is 3. The van der Waals surface area contributed by atoms with Gasteiger partial charge < -0.3 is 25.0 Å². The zero-order chi connectivity index (χ0) is 25.9. The van der Waals surface area contributed by atoms with E-state index in [0.717, 1.165) is 22.3 Å². The Balaban J connectivity index is 1.51. The van der Waals surface area contributed by atoms with Crippen molar-refractivity contribution in [3.05, 3.63) is 66.1 Å². The van der Waals surface area contributed by atoms with Crippen molar-refractivity contribution in [2.75, 3.05) is 30.8 Å². The number of carbonyl (C=O) groups is 1. The van der Waals surface area contributed by atoms with Crippen molar-refractivity contribution in [3.8, 4) is 17.0 Å². The molecule has 2 heterocycles. The normalized spacial score (nSPS) is 11.5. The van der Waals surface area contributed by atoms with Gasteiger partial charge in [0.25, 0.3) is 0 Å². The number of carboxylic acids is 1. The molecule has 0 aliphatic carbocycles. The minimum atomic E-state index is -4.49. The van der Waals surface area contributed by atoms with E-state index in [1.807, 2.05) is 25.1 Å². The summed E-state index contributed by atoms with van der Waals surface area (Å²) < 4.78 is 45.6. The summed E-state index contributed by atoms with van der Waals surface area (Å²) in [6.45, 7) is 1.87. The molecule has 4 aromatic rings. The number of fused-ring (bicyclic) bond motifs is 1. The average molecular weight is 499 g/mol. The molecule has 2 aromatic carbocycles. The van der Waals surface area contributed by atoms with Gasteiger partial charge in [0, 0.05) is 41.5 Å². The number of carboxylic acid groups (broad SMARTS) is 1. The highest BCUT2D eigenvalue weighted by Gasteiger charge is 2.27. The standard InChI is InChI=1S/C25H24F3N5O3/c1-15-10-18-21(4-3-5-22(18)36-2)33(15)9-8-29-23-12-19(31-14-32-23)16-6-7-17(24(34)35)20(11-16)30-13-25(26,27)28/h3-7,10-12,14,30H,8-9,13H2,1-2H3,(H,34,35)(H,29,31,32). The molecule has 188 valence electrons.